The van der Waals surface area contributed by atoms with Crippen LogP contribution in [0.25, 0.3) is 0 Å². The Balaban J connectivity index is 0. The number of hydrogen-bond donors (Lipinski definition) is 9. The highest BCUT2D eigenvalue weighted by Gasteiger charge is 2.26. The van der Waals surface area contributed by atoms with Crippen LogP contribution in [-0.4, -0.2) is 126 Å². The third-order valence-electron chi connectivity index (χ3n) is 11.2. The number of hydrogen-bond acceptors (Lipinski definition) is 12. The third kappa shape index (κ3) is 35.0. The molecule has 0 aliphatic rings. The minimum absolute atomic E-state index is 0.0893. The summed E-state index contributed by atoms with van der Waals surface area (Å²) in [6.07, 6.45) is 9.95. The van der Waals surface area contributed by atoms with Gasteiger partial charge < -0.3 is 47.6 Å². The number of amides is 7. The number of aliphatic carboxylic acids is 1. The van der Waals surface area contributed by atoms with Gasteiger partial charge in [-0.05, 0) is 117 Å². The van der Waals surface area contributed by atoms with Gasteiger partial charge in [0, 0.05) is 56.1 Å². The topological polar surface area (TPSA) is 270 Å². The fourth-order valence-corrected chi connectivity index (χ4v) is 6.89. The molecule has 7 amide bonds. The van der Waals surface area contributed by atoms with E-state index in [1.807, 2.05) is 44.0 Å². The Hall–Kier alpha value is -5.47. The summed E-state index contributed by atoms with van der Waals surface area (Å²) in [6, 6.07) is 10.7. The largest absolute Gasteiger partial charge is 0.480 e. The molecule has 2 aromatic rings. The number of benzene rings is 2. The van der Waals surface area contributed by atoms with Gasteiger partial charge >= 0.3 is 5.97 Å². The second kappa shape index (κ2) is 45.7. The van der Waals surface area contributed by atoms with E-state index in [0.29, 0.717) is 81.0 Å². The Labute approximate surface area is 462 Å². The maximum Gasteiger partial charge on any atom is 0.326 e. The van der Waals surface area contributed by atoms with Crippen molar-refractivity contribution in [2.24, 2.45) is 5.92 Å². The molecule has 0 saturated heterocycles. The summed E-state index contributed by atoms with van der Waals surface area (Å²) in [5.74, 6) is -3.01. The number of carboxylic acid groups (broad SMARTS) is 1. The average molecular weight is 1100 g/mol. The molecule has 18 nitrogen and oxygen atoms in total. The Morgan fingerprint density at radius 2 is 1.11 bits per heavy atom. The summed E-state index contributed by atoms with van der Waals surface area (Å²) < 4.78 is 0. The van der Waals surface area contributed by atoms with Gasteiger partial charge in [0.05, 0.1) is 13.1 Å². The maximum atomic E-state index is 13.2. The zero-order valence-corrected chi connectivity index (χ0v) is 49.3. The lowest BCUT2D eigenvalue weighted by Gasteiger charge is -2.22. The lowest BCUT2D eigenvalue weighted by molar-refractivity contribution is -0.142. The highest BCUT2D eigenvalue weighted by molar-refractivity contribution is 7.98. The molecule has 4 atom stereocenters. The molecule has 2 aromatic carbocycles. The van der Waals surface area contributed by atoms with Crippen LogP contribution in [0.4, 0.5) is 0 Å². The van der Waals surface area contributed by atoms with Crippen LogP contribution in [0.2, 0.25) is 0 Å². The number of thioether (sulfide) groups is 2. The first kappa shape index (κ1) is 72.6. The summed E-state index contributed by atoms with van der Waals surface area (Å²) in [5, 5.41) is 31.5. The second-order valence-corrected chi connectivity index (χ2v) is 20.1. The van der Waals surface area contributed by atoms with Gasteiger partial charge in [0.2, 0.25) is 29.5 Å². The molecular weight excluding hydrogens is 1010 g/mol. The standard InChI is InChI=1S/C48H72N8O10S.C3H8S.C3H8.C2H6/c1-7-32(5)50-27-33-16-20-35(21-17-33)44(61)52-30-42(60)56-43(31(3)4)47(64)51-28-34-18-22-36(23-19-34)45(62)55-38(24-26-67-6)46(63)53-29-41(59)54-39(48(65)66)14-11-12-25-49-40(58)15-10-9-13-37(57)8-2;1-3-4-2;1-3-2;1-2/h16-23,31-32,38-39,43,50H,7-15,24-30H2,1-6H3,(H,49,58)(H,51,64)(H,52,61)(H,53,63)(H,54,59)(H,55,62)(H,56,60)(H,65,66);3H2,1-2H3;3H2,1-2H3;1-2H3. The van der Waals surface area contributed by atoms with Crippen molar-refractivity contribution >= 4 is 76.6 Å². The first-order chi connectivity index (χ1) is 36.3. The van der Waals surface area contributed by atoms with Crippen LogP contribution in [0.3, 0.4) is 0 Å². The van der Waals surface area contributed by atoms with Gasteiger partial charge in [-0.2, -0.15) is 23.5 Å². The number of nitrogens with one attached hydrogen (secondary N) is 8. The third-order valence-corrected chi connectivity index (χ3v) is 12.4. The lowest BCUT2D eigenvalue weighted by atomic mass is 10.0. The van der Waals surface area contributed by atoms with E-state index in [1.165, 1.54) is 36.1 Å². The predicted molar refractivity (Wildman–Crippen MR) is 309 cm³/mol. The zero-order valence-electron chi connectivity index (χ0n) is 47.7. The van der Waals surface area contributed by atoms with E-state index in [0.717, 1.165) is 12.0 Å². The molecule has 4 unspecified atom stereocenters. The highest BCUT2D eigenvalue weighted by atomic mass is 32.2. The van der Waals surface area contributed by atoms with Crippen LogP contribution in [-0.2, 0) is 46.7 Å². The molecule has 0 spiro atoms. The molecule has 9 N–H and O–H groups in total. The molecule has 0 aliphatic carbocycles. The van der Waals surface area contributed by atoms with Gasteiger partial charge in [-0.25, -0.2) is 4.79 Å². The molecule has 0 aliphatic heterocycles. The Kier molecular flexibility index (Phi) is 43.7. The van der Waals surface area contributed by atoms with Gasteiger partial charge in [0.1, 0.15) is 23.9 Å². The summed E-state index contributed by atoms with van der Waals surface area (Å²) in [6.45, 7) is 20.2. The molecule has 76 heavy (non-hydrogen) atoms. The normalized spacial score (nSPS) is 11.9. The van der Waals surface area contributed by atoms with E-state index >= 15 is 0 Å². The monoisotopic (exact) mass is 1100 g/mol. The number of rotatable bonds is 34. The van der Waals surface area contributed by atoms with E-state index in [2.05, 4.69) is 83.4 Å². The summed E-state index contributed by atoms with van der Waals surface area (Å²) in [4.78, 5) is 113. The van der Waals surface area contributed by atoms with Crippen molar-refractivity contribution < 1.29 is 48.3 Å². The van der Waals surface area contributed by atoms with E-state index in [9.17, 15) is 48.3 Å². The number of carboxylic acids is 1. The predicted octanol–water partition coefficient (Wildman–Crippen LogP) is 6.94. The fourth-order valence-electron chi connectivity index (χ4n) is 6.42. The van der Waals surface area contributed by atoms with Gasteiger partial charge in [-0.1, -0.05) is 93.0 Å². The maximum absolute atomic E-state index is 13.2. The van der Waals surface area contributed by atoms with Crippen molar-refractivity contribution in [1.82, 2.24) is 42.5 Å². The molecule has 2 rings (SSSR count). The molecule has 430 valence electrons. The van der Waals surface area contributed by atoms with Crippen LogP contribution in [0.15, 0.2) is 48.5 Å². The first-order valence-corrected chi connectivity index (χ1v) is 29.7. The van der Waals surface area contributed by atoms with Crippen LogP contribution in [0, 0.1) is 5.92 Å². The molecule has 0 aromatic heterocycles. The van der Waals surface area contributed by atoms with Crippen molar-refractivity contribution in [3.8, 4) is 0 Å². The van der Waals surface area contributed by atoms with Crippen molar-refractivity contribution in [2.45, 2.75) is 177 Å². The quantitative estimate of drug-likeness (QED) is 0.0322. The smallest absolute Gasteiger partial charge is 0.326 e. The second-order valence-electron chi connectivity index (χ2n) is 18.0. The summed E-state index contributed by atoms with van der Waals surface area (Å²) in [7, 11) is 0. The van der Waals surface area contributed by atoms with Gasteiger partial charge in [0.15, 0.2) is 0 Å². The van der Waals surface area contributed by atoms with Gasteiger partial charge in [-0.15, -0.1) is 0 Å². The van der Waals surface area contributed by atoms with Crippen molar-refractivity contribution in [3.63, 3.8) is 0 Å². The Morgan fingerprint density at radius 1 is 0.566 bits per heavy atom. The molecule has 0 radical (unpaired) electrons. The Morgan fingerprint density at radius 3 is 1.63 bits per heavy atom. The molecular formula is C56H94N8O10S2. The molecule has 0 saturated carbocycles. The highest BCUT2D eigenvalue weighted by Crippen LogP contribution is 2.10. The lowest BCUT2D eigenvalue weighted by Crippen LogP contribution is -2.51. The van der Waals surface area contributed by atoms with Crippen LogP contribution < -0.4 is 42.5 Å². The van der Waals surface area contributed by atoms with Crippen LogP contribution in [0.1, 0.15) is 172 Å². The van der Waals surface area contributed by atoms with Crippen molar-refractivity contribution in [2.75, 3.05) is 43.7 Å². The SMILES string of the molecule is CC.CCC.CCC(=O)CCCCC(=O)NCCCCC(NC(=O)CNC(=O)C(CCSC)NC(=O)c1ccc(CNC(=O)C(NC(=O)CNC(=O)c2ccc(CNC(C)CC)cc2)C(C)C)cc1)C(=O)O.CCSC. The van der Waals surface area contributed by atoms with Crippen molar-refractivity contribution in [1.29, 1.82) is 0 Å². The first-order valence-electron chi connectivity index (χ1n) is 26.9. The number of Topliss-reactive ketones (excluding diaryl/α,β-unsaturated/α-hetero) is 1. The minimum Gasteiger partial charge on any atom is -0.480 e. The number of unbranched alkanes of at least 4 members (excludes halogenated alkanes) is 2. The van der Waals surface area contributed by atoms with Crippen molar-refractivity contribution in [3.05, 3.63) is 70.8 Å². The van der Waals surface area contributed by atoms with Gasteiger partial charge in [0.25, 0.3) is 11.8 Å². The number of carbonyl (C=O) groups excluding carboxylic acids is 8. The van der Waals surface area contributed by atoms with E-state index < -0.39 is 66.1 Å². The zero-order chi connectivity index (χ0) is 57.8. The van der Waals surface area contributed by atoms with E-state index in [4.69, 9.17) is 0 Å². The van der Waals surface area contributed by atoms with E-state index in [-0.39, 0.29) is 49.1 Å². The molecule has 20 heteroatoms. The van der Waals surface area contributed by atoms with Crippen LogP contribution in [0.5, 0.6) is 0 Å². The Bertz CT molecular complexity index is 1990. The summed E-state index contributed by atoms with van der Waals surface area (Å²) in [5.41, 5.74) is 2.33. The number of carbonyl (C=O) groups is 9. The van der Waals surface area contributed by atoms with E-state index in [1.54, 1.807) is 45.0 Å². The van der Waals surface area contributed by atoms with Gasteiger partial charge in [-0.3, -0.25) is 38.4 Å². The van der Waals surface area contributed by atoms with Crippen LogP contribution >= 0.6 is 23.5 Å². The average Bonchev–Trinajstić information content (AvgIpc) is 3.42. The molecule has 0 heterocycles. The summed E-state index contributed by atoms with van der Waals surface area (Å²) >= 11 is 3.32. The minimum atomic E-state index is -1.24. The molecule has 0 fully saturated rings. The number of ketones is 1. The molecule has 0 bridgehead atoms. The fraction of sp³-hybridized carbons (Fsp3) is 0.625.